The average molecular weight is 422 g/mol. The average Bonchev–Trinajstić information content (AvgIpc) is 2.73. The van der Waals surface area contributed by atoms with Gasteiger partial charge in [-0.05, 0) is 41.3 Å². The van der Waals surface area contributed by atoms with Gasteiger partial charge in [-0.1, -0.05) is 73.5 Å². The van der Waals surface area contributed by atoms with Crippen molar-refractivity contribution >= 4 is 23.0 Å². The van der Waals surface area contributed by atoms with E-state index in [1.807, 2.05) is 43.3 Å². The third-order valence-electron chi connectivity index (χ3n) is 4.82. The minimum Gasteiger partial charge on any atom is -0.383 e. The molecule has 0 radical (unpaired) electrons. The van der Waals surface area contributed by atoms with Crippen molar-refractivity contribution in [2.45, 2.75) is 19.8 Å². The highest BCUT2D eigenvalue weighted by atomic mass is 35.5. The molecule has 3 aromatic carbocycles. The third-order valence-corrected chi connectivity index (χ3v) is 5.07. The number of ketones is 1. The van der Waals surface area contributed by atoms with Gasteiger partial charge in [0, 0.05) is 42.0 Å². The zero-order valence-corrected chi connectivity index (χ0v) is 18.2. The molecule has 0 saturated carbocycles. The molecule has 4 heteroatoms. The second-order valence-electron chi connectivity index (χ2n) is 7.48. The molecule has 0 unspecified atom stereocenters. The molecule has 0 aromatic heterocycles. The Morgan fingerprint density at radius 2 is 1.60 bits per heavy atom. The summed E-state index contributed by atoms with van der Waals surface area (Å²) in [6.07, 6.45) is 3.63. The number of rotatable bonds is 7. The molecule has 3 rings (SSSR count). The Balaban J connectivity index is 1.90. The maximum Gasteiger partial charge on any atom is 0.195 e. The lowest BCUT2D eigenvalue weighted by Crippen LogP contribution is -2.09. The summed E-state index contributed by atoms with van der Waals surface area (Å²) in [6, 6.07) is 19.6. The number of halogens is 2. The number of benzene rings is 3. The smallest absolute Gasteiger partial charge is 0.195 e. The molecule has 30 heavy (non-hydrogen) atoms. The van der Waals surface area contributed by atoms with Crippen LogP contribution >= 0.6 is 11.6 Å². The van der Waals surface area contributed by atoms with Crippen molar-refractivity contribution < 1.29 is 9.18 Å². The molecular weight excluding hydrogens is 397 g/mol. The summed E-state index contributed by atoms with van der Waals surface area (Å²) in [4.78, 5) is 15.0. The largest absolute Gasteiger partial charge is 0.383 e. The number of carbonyl (C=O) groups is 1. The van der Waals surface area contributed by atoms with Crippen molar-refractivity contribution in [3.63, 3.8) is 0 Å². The molecule has 3 aromatic rings. The Kier molecular flexibility index (Phi) is 7.07. The fourth-order valence-corrected chi connectivity index (χ4v) is 3.47. The first kappa shape index (κ1) is 21.8. The van der Waals surface area contributed by atoms with Gasteiger partial charge in [-0.3, -0.25) is 4.79 Å². The molecule has 0 saturated heterocycles. The fourth-order valence-electron chi connectivity index (χ4n) is 3.35. The van der Waals surface area contributed by atoms with Crippen molar-refractivity contribution in [2.75, 3.05) is 14.1 Å². The van der Waals surface area contributed by atoms with Gasteiger partial charge in [0.15, 0.2) is 5.78 Å². The van der Waals surface area contributed by atoms with Crippen LogP contribution in [0.5, 0.6) is 0 Å². The van der Waals surface area contributed by atoms with Crippen LogP contribution in [0.1, 0.15) is 34.8 Å². The zero-order chi connectivity index (χ0) is 21.7. The second kappa shape index (κ2) is 9.73. The highest BCUT2D eigenvalue weighted by Gasteiger charge is 2.16. The lowest BCUT2D eigenvalue weighted by molar-refractivity contribution is 0.105. The van der Waals surface area contributed by atoms with E-state index in [2.05, 4.69) is 6.92 Å². The monoisotopic (exact) mass is 421 g/mol. The van der Waals surface area contributed by atoms with Crippen LogP contribution in [-0.4, -0.2) is 24.8 Å². The van der Waals surface area contributed by atoms with Gasteiger partial charge in [0.1, 0.15) is 5.82 Å². The quantitative estimate of drug-likeness (QED) is 0.306. The molecule has 0 atom stereocenters. The van der Waals surface area contributed by atoms with Gasteiger partial charge in [0.2, 0.25) is 0 Å². The van der Waals surface area contributed by atoms with E-state index >= 15 is 0 Å². The summed E-state index contributed by atoms with van der Waals surface area (Å²) >= 11 is 5.99. The van der Waals surface area contributed by atoms with Gasteiger partial charge in [-0.25, -0.2) is 4.39 Å². The van der Waals surface area contributed by atoms with E-state index in [4.69, 9.17) is 11.6 Å². The molecular formula is C26H25ClFNO. The van der Waals surface area contributed by atoms with E-state index < -0.39 is 0 Å². The highest BCUT2D eigenvalue weighted by molar-refractivity contribution is 6.31. The van der Waals surface area contributed by atoms with Gasteiger partial charge in [0.05, 0.1) is 0 Å². The molecule has 0 bridgehead atoms. The lowest BCUT2D eigenvalue weighted by Gasteiger charge is -2.13. The predicted octanol–water partition coefficient (Wildman–Crippen LogP) is 6.88. The summed E-state index contributed by atoms with van der Waals surface area (Å²) in [5.74, 6) is -0.342. The first-order valence-corrected chi connectivity index (χ1v) is 10.3. The molecule has 154 valence electrons. The number of aryl methyl sites for hydroxylation is 1. The Labute approximate surface area is 182 Å². The van der Waals surface area contributed by atoms with Crippen LogP contribution in [-0.2, 0) is 6.42 Å². The summed E-state index contributed by atoms with van der Waals surface area (Å²) in [7, 11) is 3.74. The van der Waals surface area contributed by atoms with Crippen LogP contribution in [0.15, 0.2) is 72.9 Å². The SMILES string of the molecule is CCCc1ccc(-c2ccc(C(=O)/C(=C/N(C)C)c3ccc(Cl)cc3)cc2)c(F)c1. The number of hydrogen-bond donors (Lipinski definition) is 0. The Morgan fingerprint density at radius 3 is 2.17 bits per heavy atom. The topological polar surface area (TPSA) is 20.3 Å². The summed E-state index contributed by atoms with van der Waals surface area (Å²) in [5, 5.41) is 0.617. The first-order valence-electron chi connectivity index (χ1n) is 9.96. The van der Waals surface area contributed by atoms with Gasteiger partial charge in [-0.15, -0.1) is 0 Å². The van der Waals surface area contributed by atoms with Crippen molar-refractivity contribution in [3.05, 3.63) is 100 Å². The molecule has 0 fully saturated rings. The predicted molar refractivity (Wildman–Crippen MR) is 123 cm³/mol. The Morgan fingerprint density at radius 1 is 0.967 bits per heavy atom. The van der Waals surface area contributed by atoms with Crippen LogP contribution < -0.4 is 0 Å². The second-order valence-corrected chi connectivity index (χ2v) is 7.92. The van der Waals surface area contributed by atoms with Crippen LogP contribution in [0.3, 0.4) is 0 Å². The van der Waals surface area contributed by atoms with Crippen LogP contribution in [0.2, 0.25) is 5.02 Å². The van der Waals surface area contributed by atoms with E-state index in [0.717, 1.165) is 29.5 Å². The maximum absolute atomic E-state index is 14.6. The minimum atomic E-state index is -0.241. The van der Waals surface area contributed by atoms with E-state index in [1.54, 1.807) is 48.7 Å². The van der Waals surface area contributed by atoms with Crippen molar-refractivity contribution in [2.24, 2.45) is 0 Å². The number of allylic oxidation sites excluding steroid dienone is 1. The normalized spacial score (nSPS) is 11.4. The van der Waals surface area contributed by atoms with Crippen molar-refractivity contribution in [1.82, 2.24) is 4.90 Å². The standard InChI is InChI=1S/C26H25ClFNO/c1-4-5-18-6-15-23(25(28)16-18)19-7-9-21(10-8-19)26(30)24(17-29(2)3)20-11-13-22(27)14-12-20/h6-17H,4-5H2,1-3H3/b24-17+. The van der Waals surface area contributed by atoms with Gasteiger partial charge < -0.3 is 4.90 Å². The lowest BCUT2D eigenvalue weighted by atomic mass is 9.95. The fraction of sp³-hybridized carbons (Fsp3) is 0.192. The number of hydrogen-bond acceptors (Lipinski definition) is 2. The molecule has 0 amide bonds. The molecule has 0 aliphatic rings. The van der Waals surface area contributed by atoms with E-state index in [9.17, 15) is 9.18 Å². The van der Waals surface area contributed by atoms with Crippen molar-refractivity contribution in [3.8, 4) is 11.1 Å². The van der Waals surface area contributed by atoms with E-state index in [1.165, 1.54) is 0 Å². The third kappa shape index (κ3) is 5.17. The van der Waals surface area contributed by atoms with Crippen LogP contribution in [0, 0.1) is 5.82 Å². The maximum atomic E-state index is 14.6. The molecule has 0 aliphatic heterocycles. The van der Waals surface area contributed by atoms with Crippen molar-refractivity contribution in [1.29, 1.82) is 0 Å². The number of Topliss-reactive ketones (excluding diaryl/α,β-unsaturated/α-hetero) is 1. The van der Waals surface area contributed by atoms with Gasteiger partial charge >= 0.3 is 0 Å². The van der Waals surface area contributed by atoms with Crippen LogP contribution in [0.4, 0.5) is 4.39 Å². The molecule has 0 spiro atoms. The number of nitrogens with zero attached hydrogens (tertiary/aromatic N) is 1. The zero-order valence-electron chi connectivity index (χ0n) is 17.5. The van der Waals surface area contributed by atoms with Gasteiger partial charge in [0.25, 0.3) is 0 Å². The Bertz CT molecular complexity index is 1050. The molecule has 0 heterocycles. The minimum absolute atomic E-state index is 0.101. The highest BCUT2D eigenvalue weighted by Crippen LogP contribution is 2.27. The summed E-state index contributed by atoms with van der Waals surface area (Å²) < 4.78 is 14.6. The molecule has 0 aliphatic carbocycles. The molecule has 2 nitrogen and oxygen atoms in total. The Hall–Kier alpha value is -2.91. The summed E-state index contributed by atoms with van der Waals surface area (Å²) in [5.41, 5.74) is 4.18. The van der Waals surface area contributed by atoms with Crippen LogP contribution in [0.25, 0.3) is 16.7 Å². The molecule has 0 N–H and O–H groups in total. The number of carbonyl (C=O) groups excluding carboxylic acids is 1. The summed E-state index contributed by atoms with van der Waals surface area (Å²) in [6.45, 7) is 2.07. The van der Waals surface area contributed by atoms with E-state index in [-0.39, 0.29) is 11.6 Å². The van der Waals surface area contributed by atoms with Gasteiger partial charge in [-0.2, -0.15) is 0 Å². The van der Waals surface area contributed by atoms with E-state index in [0.29, 0.717) is 21.7 Å². The first-order chi connectivity index (χ1) is 14.4.